The van der Waals surface area contributed by atoms with Gasteiger partial charge in [-0.1, -0.05) is 76.2 Å². The van der Waals surface area contributed by atoms with E-state index in [2.05, 4.69) is 0 Å². The van der Waals surface area contributed by atoms with Crippen molar-refractivity contribution in [2.45, 2.75) is 6.04 Å². The van der Waals surface area contributed by atoms with Gasteiger partial charge in [0.2, 0.25) is 0 Å². The van der Waals surface area contributed by atoms with Gasteiger partial charge in [-0.15, -0.1) is 0 Å². The van der Waals surface area contributed by atoms with Crippen LogP contribution in [-0.2, 0) is 9.59 Å². The van der Waals surface area contributed by atoms with Gasteiger partial charge in [0.15, 0.2) is 0 Å². The third-order valence-corrected chi connectivity index (χ3v) is 6.79. The fourth-order valence-corrected chi connectivity index (χ4v) is 4.47. The first-order valence-corrected chi connectivity index (χ1v) is 11.1. The average molecular weight is 528 g/mol. The molecule has 9 heteroatoms. The Kier molecular flexibility index (Phi) is 6.44. The molecule has 0 radical (unpaired) electrons. The summed E-state index contributed by atoms with van der Waals surface area (Å²) < 4.78 is 0. The van der Waals surface area contributed by atoms with Crippen LogP contribution in [0.25, 0.3) is 5.76 Å². The monoisotopic (exact) mass is 525 g/mol. The molecular formula is C23H12Cl5NO3. The van der Waals surface area contributed by atoms with Gasteiger partial charge in [0.05, 0.1) is 26.7 Å². The molecule has 1 heterocycles. The number of anilines is 1. The summed E-state index contributed by atoms with van der Waals surface area (Å²) >= 11 is 30.6. The van der Waals surface area contributed by atoms with Crippen molar-refractivity contribution in [3.05, 3.63) is 102 Å². The van der Waals surface area contributed by atoms with Crippen molar-refractivity contribution in [1.82, 2.24) is 0 Å². The van der Waals surface area contributed by atoms with Crippen LogP contribution in [0.4, 0.5) is 5.69 Å². The summed E-state index contributed by atoms with van der Waals surface area (Å²) in [5.74, 6) is -2.19. The van der Waals surface area contributed by atoms with Crippen molar-refractivity contribution in [1.29, 1.82) is 0 Å². The number of carbonyl (C=O) groups is 2. The number of halogens is 5. The van der Waals surface area contributed by atoms with E-state index >= 15 is 0 Å². The molecule has 0 bridgehead atoms. The number of aliphatic hydroxyl groups excluding tert-OH is 1. The molecular weight excluding hydrogens is 516 g/mol. The highest BCUT2D eigenvalue weighted by Gasteiger charge is 2.47. The van der Waals surface area contributed by atoms with Crippen molar-refractivity contribution < 1.29 is 14.7 Å². The molecule has 3 aromatic rings. The van der Waals surface area contributed by atoms with E-state index in [1.165, 1.54) is 17.0 Å². The van der Waals surface area contributed by atoms with Crippen molar-refractivity contribution in [3.8, 4) is 0 Å². The third-order valence-electron chi connectivity index (χ3n) is 5.01. The van der Waals surface area contributed by atoms with Crippen LogP contribution in [0.3, 0.4) is 0 Å². The summed E-state index contributed by atoms with van der Waals surface area (Å²) in [5.41, 5.74) is 0.854. The normalized spacial score (nSPS) is 17.8. The largest absolute Gasteiger partial charge is 0.507 e. The summed E-state index contributed by atoms with van der Waals surface area (Å²) in [7, 11) is 0. The average Bonchev–Trinajstić information content (AvgIpc) is 3.03. The zero-order valence-corrected chi connectivity index (χ0v) is 19.7. The summed E-state index contributed by atoms with van der Waals surface area (Å²) in [6, 6.07) is 15.0. The van der Waals surface area contributed by atoms with Crippen molar-refractivity contribution in [3.63, 3.8) is 0 Å². The Morgan fingerprint density at radius 2 is 1.50 bits per heavy atom. The molecule has 32 heavy (non-hydrogen) atoms. The number of benzene rings is 3. The molecule has 162 valence electrons. The van der Waals surface area contributed by atoms with E-state index in [-0.39, 0.29) is 26.2 Å². The first-order chi connectivity index (χ1) is 15.2. The first-order valence-electron chi connectivity index (χ1n) is 9.16. The second kappa shape index (κ2) is 8.97. The van der Waals surface area contributed by atoms with Gasteiger partial charge in [0, 0.05) is 21.3 Å². The second-order valence-corrected chi connectivity index (χ2v) is 8.96. The highest BCUT2D eigenvalue weighted by molar-refractivity contribution is 6.52. The van der Waals surface area contributed by atoms with Crippen LogP contribution < -0.4 is 4.90 Å². The molecule has 1 N–H and O–H groups in total. The molecule has 4 nitrogen and oxygen atoms in total. The number of nitrogens with zero attached hydrogens (tertiary/aromatic N) is 1. The second-order valence-electron chi connectivity index (χ2n) is 6.92. The van der Waals surface area contributed by atoms with Gasteiger partial charge in [-0.2, -0.15) is 0 Å². The van der Waals surface area contributed by atoms with E-state index in [0.717, 1.165) is 0 Å². The molecule has 1 aliphatic heterocycles. The number of rotatable bonds is 3. The first kappa shape index (κ1) is 23.0. The van der Waals surface area contributed by atoms with E-state index in [4.69, 9.17) is 58.0 Å². The molecule has 0 saturated carbocycles. The molecule has 3 aromatic carbocycles. The lowest BCUT2D eigenvalue weighted by Gasteiger charge is -2.25. The Morgan fingerprint density at radius 1 is 0.812 bits per heavy atom. The lowest BCUT2D eigenvalue weighted by Crippen LogP contribution is -2.29. The quantitative estimate of drug-likeness (QED) is 0.165. The number of hydrogen-bond donors (Lipinski definition) is 1. The number of hydrogen-bond acceptors (Lipinski definition) is 3. The molecule has 1 unspecified atom stereocenters. The van der Waals surface area contributed by atoms with Crippen LogP contribution in [-0.4, -0.2) is 16.8 Å². The Bertz CT molecular complexity index is 1290. The van der Waals surface area contributed by atoms with Crippen LogP contribution in [0.1, 0.15) is 17.2 Å². The zero-order valence-electron chi connectivity index (χ0n) is 16.0. The SMILES string of the molecule is O=C1C(=O)N(c2cccc(Cl)c2)C(c2ccc(Cl)cc2)C1=C(O)c1ccc(Cl)c(Cl)c1Cl. The Labute approximate surface area is 208 Å². The standard InChI is InChI=1S/C23H12Cl5NO3/c24-12-6-4-11(5-7-12)20-17(21(30)15-8-9-16(26)19(28)18(15)27)22(31)23(32)29(20)14-3-1-2-13(25)10-14/h1-10,20,30H. The number of aliphatic hydroxyl groups is 1. The van der Waals surface area contributed by atoms with Crippen LogP contribution in [0.5, 0.6) is 0 Å². The fraction of sp³-hybridized carbons (Fsp3) is 0.0435. The highest BCUT2D eigenvalue weighted by atomic mass is 35.5. The van der Waals surface area contributed by atoms with Crippen molar-refractivity contribution in [2.24, 2.45) is 0 Å². The molecule has 1 saturated heterocycles. The molecule has 4 rings (SSSR count). The van der Waals surface area contributed by atoms with Gasteiger partial charge in [-0.3, -0.25) is 14.5 Å². The number of Topliss-reactive ketones (excluding diaryl/α,β-unsaturated/α-hetero) is 1. The van der Waals surface area contributed by atoms with Gasteiger partial charge in [0.1, 0.15) is 5.76 Å². The number of amides is 1. The van der Waals surface area contributed by atoms with E-state index in [1.54, 1.807) is 48.5 Å². The molecule has 0 aliphatic carbocycles. The van der Waals surface area contributed by atoms with Crippen molar-refractivity contribution in [2.75, 3.05) is 4.90 Å². The summed E-state index contributed by atoms with van der Waals surface area (Å²) in [5, 5.41) is 12.2. The lowest BCUT2D eigenvalue weighted by atomic mass is 9.95. The van der Waals surface area contributed by atoms with Gasteiger partial charge < -0.3 is 5.11 Å². The van der Waals surface area contributed by atoms with Crippen LogP contribution in [0.15, 0.2) is 66.2 Å². The summed E-state index contributed by atoms with van der Waals surface area (Å²) in [6.45, 7) is 0. The zero-order chi connectivity index (χ0) is 23.2. The molecule has 1 aliphatic rings. The maximum absolute atomic E-state index is 13.1. The Balaban J connectivity index is 1.99. The van der Waals surface area contributed by atoms with Crippen LogP contribution in [0.2, 0.25) is 25.1 Å². The summed E-state index contributed by atoms with van der Waals surface area (Å²) in [6.07, 6.45) is 0. The summed E-state index contributed by atoms with van der Waals surface area (Å²) in [4.78, 5) is 27.5. The van der Waals surface area contributed by atoms with E-state index in [0.29, 0.717) is 21.3 Å². The molecule has 1 amide bonds. The fourth-order valence-electron chi connectivity index (χ4n) is 3.54. The predicted molar refractivity (Wildman–Crippen MR) is 129 cm³/mol. The predicted octanol–water partition coefficient (Wildman–Crippen LogP) is 7.58. The minimum Gasteiger partial charge on any atom is -0.507 e. The van der Waals surface area contributed by atoms with E-state index in [1.807, 2.05) is 0 Å². The van der Waals surface area contributed by atoms with Gasteiger partial charge >= 0.3 is 0 Å². The van der Waals surface area contributed by atoms with Crippen molar-refractivity contribution >= 4 is 81.1 Å². The highest BCUT2D eigenvalue weighted by Crippen LogP contribution is 2.44. The maximum Gasteiger partial charge on any atom is 0.300 e. The minimum absolute atomic E-state index is 0.0181. The van der Waals surface area contributed by atoms with Gasteiger partial charge in [-0.25, -0.2) is 0 Å². The smallest absolute Gasteiger partial charge is 0.300 e. The van der Waals surface area contributed by atoms with E-state index in [9.17, 15) is 14.7 Å². The Morgan fingerprint density at radius 3 is 2.16 bits per heavy atom. The maximum atomic E-state index is 13.1. The molecule has 0 spiro atoms. The van der Waals surface area contributed by atoms with Gasteiger partial charge in [-0.05, 0) is 48.0 Å². The van der Waals surface area contributed by atoms with Crippen LogP contribution in [0, 0.1) is 0 Å². The number of ketones is 1. The van der Waals surface area contributed by atoms with Gasteiger partial charge in [0.25, 0.3) is 11.7 Å². The molecule has 1 atom stereocenters. The third kappa shape index (κ3) is 3.98. The molecule has 1 fully saturated rings. The number of carbonyl (C=O) groups excluding carboxylic acids is 2. The van der Waals surface area contributed by atoms with E-state index < -0.39 is 23.5 Å². The Hall–Kier alpha value is -2.21. The molecule has 0 aromatic heterocycles. The van der Waals surface area contributed by atoms with Crippen LogP contribution >= 0.6 is 58.0 Å². The minimum atomic E-state index is -0.962. The lowest BCUT2D eigenvalue weighted by molar-refractivity contribution is -0.132. The topological polar surface area (TPSA) is 57.6 Å².